The molecular formula is C15H30N2O4. The first-order valence-corrected chi connectivity index (χ1v) is 7.44. The molecule has 2 unspecified atom stereocenters. The quantitative estimate of drug-likeness (QED) is 0.641. The molecule has 0 bridgehead atoms. The van der Waals surface area contributed by atoms with Crippen LogP contribution in [0.1, 0.15) is 48.0 Å². The van der Waals surface area contributed by atoms with Crippen molar-refractivity contribution in [2.45, 2.75) is 60.0 Å². The fourth-order valence-electron chi connectivity index (χ4n) is 1.76. The summed E-state index contributed by atoms with van der Waals surface area (Å²) in [6, 6.07) is -0.889. The van der Waals surface area contributed by atoms with Crippen LogP contribution in [0.2, 0.25) is 0 Å². The van der Waals surface area contributed by atoms with Gasteiger partial charge in [0.2, 0.25) is 0 Å². The topological polar surface area (TPSA) is 87.7 Å². The summed E-state index contributed by atoms with van der Waals surface area (Å²) in [5, 5.41) is 14.6. The van der Waals surface area contributed by atoms with Crippen LogP contribution in [0.25, 0.3) is 0 Å². The number of rotatable bonds is 8. The summed E-state index contributed by atoms with van der Waals surface area (Å²) in [5.74, 6) is -0.695. The van der Waals surface area contributed by atoms with Crippen molar-refractivity contribution in [1.29, 1.82) is 0 Å². The second-order valence-corrected chi connectivity index (χ2v) is 6.64. The third-order valence-corrected chi connectivity index (χ3v) is 3.35. The molecule has 3 N–H and O–H groups in total. The Kier molecular flexibility index (Phi) is 8.32. The normalized spacial score (nSPS) is 14.6. The van der Waals surface area contributed by atoms with Crippen LogP contribution < -0.4 is 10.6 Å². The second kappa shape index (κ2) is 8.87. The number of carboxylic acid groups (broad SMARTS) is 1. The molecule has 0 aromatic carbocycles. The molecule has 0 aromatic heterocycles. The number of nitrogens with one attached hydrogen (secondary N) is 2. The summed E-state index contributed by atoms with van der Waals surface area (Å²) < 4.78 is 5.36. The summed E-state index contributed by atoms with van der Waals surface area (Å²) in [7, 11) is 0. The van der Waals surface area contributed by atoms with Crippen LogP contribution in [0.5, 0.6) is 0 Å². The van der Waals surface area contributed by atoms with Crippen LogP contribution in [0.3, 0.4) is 0 Å². The first-order chi connectivity index (χ1) is 9.57. The highest BCUT2D eigenvalue weighted by Crippen LogP contribution is 2.21. The van der Waals surface area contributed by atoms with E-state index in [1.807, 2.05) is 41.5 Å². The van der Waals surface area contributed by atoms with Crippen molar-refractivity contribution in [1.82, 2.24) is 10.6 Å². The molecule has 0 aromatic rings. The van der Waals surface area contributed by atoms with E-state index in [4.69, 9.17) is 9.84 Å². The van der Waals surface area contributed by atoms with Gasteiger partial charge in [-0.15, -0.1) is 0 Å². The highest BCUT2D eigenvalue weighted by molar-refractivity contribution is 5.76. The van der Waals surface area contributed by atoms with Crippen LogP contribution in [0.15, 0.2) is 0 Å². The zero-order valence-electron chi connectivity index (χ0n) is 14.0. The molecule has 0 rings (SSSR count). The lowest BCUT2D eigenvalue weighted by Crippen LogP contribution is -2.53. The van der Waals surface area contributed by atoms with Crippen molar-refractivity contribution in [2.75, 3.05) is 13.2 Å². The average Bonchev–Trinajstić information content (AvgIpc) is 2.31. The minimum atomic E-state index is -0.926. The van der Waals surface area contributed by atoms with Gasteiger partial charge in [0.25, 0.3) is 0 Å². The van der Waals surface area contributed by atoms with Crippen molar-refractivity contribution < 1.29 is 19.4 Å². The SMILES string of the molecule is CCOCC(NC(=O)NC(CC(=O)O)C(C)(C)C)C(C)C. The van der Waals surface area contributed by atoms with E-state index < -0.39 is 12.0 Å². The Hall–Kier alpha value is -1.30. The van der Waals surface area contributed by atoms with E-state index >= 15 is 0 Å². The van der Waals surface area contributed by atoms with E-state index in [2.05, 4.69) is 10.6 Å². The van der Waals surface area contributed by atoms with Gasteiger partial charge >= 0.3 is 12.0 Å². The number of hydrogen-bond acceptors (Lipinski definition) is 3. The molecule has 0 saturated heterocycles. The molecule has 0 fully saturated rings. The number of carbonyl (C=O) groups is 2. The lowest BCUT2D eigenvalue weighted by Gasteiger charge is -2.31. The second-order valence-electron chi connectivity index (χ2n) is 6.64. The Bertz CT molecular complexity index is 337. The van der Waals surface area contributed by atoms with Gasteiger partial charge < -0.3 is 20.5 Å². The first-order valence-electron chi connectivity index (χ1n) is 7.44. The zero-order valence-corrected chi connectivity index (χ0v) is 14.0. The highest BCUT2D eigenvalue weighted by atomic mass is 16.5. The van der Waals surface area contributed by atoms with E-state index in [1.54, 1.807) is 0 Å². The van der Waals surface area contributed by atoms with E-state index in [0.29, 0.717) is 13.2 Å². The predicted octanol–water partition coefficient (Wildman–Crippen LogP) is 2.24. The molecule has 6 heteroatoms. The standard InChI is InChI=1S/C15H30N2O4/c1-7-21-9-11(10(2)3)16-14(20)17-12(8-13(18)19)15(4,5)6/h10-12H,7-9H2,1-6H3,(H,18,19)(H2,16,17,20). The monoisotopic (exact) mass is 302 g/mol. The van der Waals surface area contributed by atoms with Gasteiger partial charge in [0, 0.05) is 12.6 Å². The molecule has 2 amide bonds. The Balaban J connectivity index is 4.63. The molecule has 124 valence electrons. The summed E-state index contributed by atoms with van der Waals surface area (Å²) in [6.07, 6.45) is -0.102. The molecule has 21 heavy (non-hydrogen) atoms. The third kappa shape index (κ3) is 8.55. The lowest BCUT2D eigenvalue weighted by atomic mass is 9.85. The van der Waals surface area contributed by atoms with Gasteiger partial charge in [-0.25, -0.2) is 4.79 Å². The summed E-state index contributed by atoms with van der Waals surface area (Å²) >= 11 is 0. The third-order valence-electron chi connectivity index (χ3n) is 3.35. The molecule has 0 aliphatic carbocycles. The lowest BCUT2D eigenvalue weighted by molar-refractivity contribution is -0.138. The van der Waals surface area contributed by atoms with Crippen LogP contribution in [0, 0.1) is 11.3 Å². The van der Waals surface area contributed by atoms with Crippen LogP contribution in [-0.2, 0) is 9.53 Å². The van der Waals surface area contributed by atoms with Gasteiger partial charge in [-0.05, 0) is 18.3 Å². The molecule has 0 saturated carbocycles. The number of carbonyl (C=O) groups excluding carboxylic acids is 1. The van der Waals surface area contributed by atoms with E-state index in [1.165, 1.54) is 0 Å². The van der Waals surface area contributed by atoms with Gasteiger partial charge in [-0.3, -0.25) is 4.79 Å². The van der Waals surface area contributed by atoms with Crippen LogP contribution in [-0.4, -0.2) is 42.4 Å². The number of carboxylic acids is 1. The van der Waals surface area contributed by atoms with Crippen LogP contribution in [0.4, 0.5) is 4.79 Å². The summed E-state index contributed by atoms with van der Waals surface area (Å²) in [4.78, 5) is 23.0. The molecule has 2 atom stereocenters. The largest absolute Gasteiger partial charge is 0.481 e. The van der Waals surface area contributed by atoms with Crippen LogP contribution >= 0.6 is 0 Å². The number of aliphatic carboxylic acids is 1. The molecule has 0 spiro atoms. The number of amides is 2. The van der Waals surface area contributed by atoms with Crippen molar-refractivity contribution in [3.8, 4) is 0 Å². The van der Waals surface area contributed by atoms with Crippen molar-refractivity contribution in [3.05, 3.63) is 0 Å². The van der Waals surface area contributed by atoms with Gasteiger partial charge in [0.15, 0.2) is 0 Å². The van der Waals surface area contributed by atoms with Crippen molar-refractivity contribution in [3.63, 3.8) is 0 Å². The molecule has 0 radical (unpaired) electrons. The summed E-state index contributed by atoms with van der Waals surface area (Å²) in [6.45, 7) is 12.7. The zero-order chi connectivity index (χ0) is 16.6. The van der Waals surface area contributed by atoms with Gasteiger partial charge in [-0.1, -0.05) is 34.6 Å². The van der Waals surface area contributed by atoms with Gasteiger partial charge in [0.1, 0.15) is 0 Å². The van der Waals surface area contributed by atoms with Crippen molar-refractivity contribution >= 4 is 12.0 Å². The first kappa shape index (κ1) is 19.7. The Morgan fingerprint density at radius 3 is 2.14 bits per heavy atom. The minimum absolute atomic E-state index is 0.101. The number of hydrogen-bond donors (Lipinski definition) is 3. The Morgan fingerprint density at radius 2 is 1.76 bits per heavy atom. The molecular weight excluding hydrogens is 272 g/mol. The molecule has 0 heterocycles. The minimum Gasteiger partial charge on any atom is -0.481 e. The van der Waals surface area contributed by atoms with Gasteiger partial charge in [0.05, 0.1) is 19.1 Å². The maximum Gasteiger partial charge on any atom is 0.315 e. The molecule has 0 aliphatic rings. The van der Waals surface area contributed by atoms with E-state index in [0.717, 1.165) is 0 Å². The Morgan fingerprint density at radius 1 is 1.19 bits per heavy atom. The fourth-order valence-corrected chi connectivity index (χ4v) is 1.76. The fraction of sp³-hybridized carbons (Fsp3) is 0.867. The maximum atomic E-state index is 12.1. The molecule has 0 aliphatic heterocycles. The number of urea groups is 1. The summed E-state index contributed by atoms with van der Waals surface area (Å²) in [5.41, 5.74) is -0.330. The smallest absolute Gasteiger partial charge is 0.315 e. The Labute approximate surface area is 127 Å². The highest BCUT2D eigenvalue weighted by Gasteiger charge is 2.29. The number of ether oxygens (including phenoxy) is 1. The maximum absolute atomic E-state index is 12.1. The molecule has 6 nitrogen and oxygen atoms in total. The van der Waals surface area contributed by atoms with Gasteiger partial charge in [-0.2, -0.15) is 0 Å². The van der Waals surface area contributed by atoms with E-state index in [9.17, 15) is 9.59 Å². The average molecular weight is 302 g/mol. The van der Waals surface area contributed by atoms with Crippen molar-refractivity contribution in [2.24, 2.45) is 11.3 Å². The van der Waals surface area contributed by atoms with E-state index in [-0.39, 0.29) is 29.8 Å². The predicted molar refractivity (Wildman–Crippen MR) is 82.3 cm³/mol.